The van der Waals surface area contributed by atoms with Crippen LogP contribution in [0.25, 0.3) is 178 Å². The van der Waals surface area contributed by atoms with Crippen molar-refractivity contribution in [2.24, 2.45) is 0 Å². The molecule has 11 heteroatoms. The molecule has 0 amide bonds. The van der Waals surface area contributed by atoms with Gasteiger partial charge in [-0.05, 0) is 203 Å². The molecule has 0 radical (unpaired) electrons. The maximum atomic E-state index is 7.22. The minimum Gasteiger partial charge on any atom is -0.514 e. The molecule has 0 aliphatic carbocycles. The van der Waals surface area contributed by atoms with Gasteiger partial charge < -0.3 is 22.4 Å². The summed E-state index contributed by atoms with van der Waals surface area (Å²) >= 11 is 0. The van der Waals surface area contributed by atoms with Gasteiger partial charge in [-0.2, -0.15) is 0 Å². The number of fused-ring (bicyclic) bond motifs is 14. The van der Waals surface area contributed by atoms with Crippen molar-refractivity contribution in [1.82, 2.24) is 37.5 Å². The van der Waals surface area contributed by atoms with Crippen molar-refractivity contribution in [3.8, 4) is 89.6 Å². The number of nitrogens with zero attached hydrogens (tertiary/aromatic N) is 9. The van der Waals surface area contributed by atoms with Crippen LogP contribution >= 0.6 is 0 Å². The second-order valence-corrected chi connectivity index (χ2v) is 27.8. The van der Waals surface area contributed by atoms with Crippen molar-refractivity contribution in [2.45, 2.75) is 40.0 Å². The Labute approximate surface area is 608 Å². The summed E-state index contributed by atoms with van der Waals surface area (Å²) in [6, 6.07) is 110. The number of hydrogen-bond acceptors (Lipinski definition) is 4. The Bertz CT molecular complexity index is 6550. The first kappa shape index (κ1) is 61.6. The average molecular weight is 1510 g/mol. The zero-order valence-electron chi connectivity index (χ0n) is 57.0. The summed E-state index contributed by atoms with van der Waals surface area (Å²) in [7, 11) is 0. The Morgan fingerprint density at radius 1 is 0.408 bits per heavy atom. The molecular formula is C92H63N9OPt-2. The number of aromatic nitrogens is 9. The van der Waals surface area contributed by atoms with Gasteiger partial charge >= 0.3 is 0 Å². The molecule has 20 rings (SSSR count). The van der Waals surface area contributed by atoms with Crippen LogP contribution in [0.4, 0.5) is 0 Å². The largest absolute Gasteiger partial charge is 0.514 e. The molecule has 0 bridgehead atoms. The van der Waals surface area contributed by atoms with Gasteiger partial charge in [-0.15, -0.1) is 24.3 Å². The molecule has 0 atom stereocenters. The number of benzene rings is 13. The Balaban J connectivity index is 0.00000732. The number of imidazole rings is 5. The first-order chi connectivity index (χ1) is 50.0. The molecule has 0 aliphatic rings. The summed E-state index contributed by atoms with van der Waals surface area (Å²) in [5, 5.41) is 1.87. The molecule has 7 aromatic heterocycles. The first-order valence-corrected chi connectivity index (χ1v) is 34.7. The summed E-state index contributed by atoms with van der Waals surface area (Å²) < 4.78 is 20.6. The third-order valence-electron chi connectivity index (χ3n) is 20.5. The van der Waals surface area contributed by atoms with E-state index in [-0.39, 0.29) is 26.5 Å². The van der Waals surface area contributed by atoms with E-state index in [2.05, 4.69) is 353 Å². The van der Waals surface area contributed by atoms with E-state index in [1.807, 2.05) is 18.3 Å². The average Bonchev–Trinajstić information content (AvgIpc) is 1.52. The summed E-state index contributed by atoms with van der Waals surface area (Å²) in [6.07, 6.45) is 6.03. The van der Waals surface area contributed by atoms with E-state index in [1.165, 1.54) is 0 Å². The van der Waals surface area contributed by atoms with Crippen LogP contribution in [0.1, 0.15) is 37.5 Å². The van der Waals surface area contributed by atoms with Crippen LogP contribution in [0, 0.1) is 32.3 Å². The van der Waals surface area contributed by atoms with E-state index in [9.17, 15) is 0 Å². The predicted octanol–water partition coefficient (Wildman–Crippen LogP) is 22.0. The van der Waals surface area contributed by atoms with Crippen molar-refractivity contribution in [3.05, 3.63) is 326 Å². The van der Waals surface area contributed by atoms with Gasteiger partial charge in [0.25, 0.3) is 6.33 Å². The Morgan fingerprint density at radius 3 is 1.44 bits per heavy atom. The van der Waals surface area contributed by atoms with E-state index in [1.54, 1.807) is 0 Å². The van der Waals surface area contributed by atoms with Gasteiger partial charge in [-0.3, -0.25) is 9.13 Å². The summed E-state index contributed by atoms with van der Waals surface area (Å²) in [5.74, 6) is 2.18. The normalized spacial score (nSPS) is 12.0. The molecular weight excluding hydrogens is 1440 g/mol. The molecule has 494 valence electrons. The van der Waals surface area contributed by atoms with Gasteiger partial charge in [0.05, 0.1) is 38.8 Å². The minimum atomic E-state index is -0.155. The maximum Gasteiger partial charge on any atom is 0.268 e. The molecule has 0 fully saturated rings. The molecule has 0 saturated heterocycles. The third kappa shape index (κ3) is 9.87. The van der Waals surface area contributed by atoms with Crippen LogP contribution < -0.4 is 4.57 Å². The second-order valence-electron chi connectivity index (χ2n) is 27.8. The monoisotopic (exact) mass is 1500 g/mol. The predicted molar refractivity (Wildman–Crippen MR) is 413 cm³/mol. The second kappa shape index (κ2) is 23.8. The van der Waals surface area contributed by atoms with Gasteiger partial charge in [-0.25, -0.2) is 15.0 Å². The van der Waals surface area contributed by atoms with E-state index in [0.717, 1.165) is 178 Å². The smallest absolute Gasteiger partial charge is 0.268 e. The van der Waals surface area contributed by atoms with E-state index in [0.29, 0.717) is 17.0 Å². The topological polar surface area (TPSA) is 79.3 Å². The van der Waals surface area contributed by atoms with Crippen LogP contribution in [0.15, 0.2) is 296 Å². The van der Waals surface area contributed by atoms with Crippen molar-refractivity contribution in [3.63, 3.8) is 0 Å². The van der Waals surface area contributed by atoms with Gasteiger partial charge in [-0.1, -0.05) is 232 Å². The van der Waals surface area contributed by atoms with Crippen molar-refractivity contribution >= 4 is 88.7 Å². The zero-order valence-corrected chi connectivity index (χ0v) is 59.2. The zero-order chi connectivity index (χ0) is 68.1. The van der Waals surface area contributed by atoms with Crippen LogP contribution in [-0.2, 0) is 26.5 Å². The van der Waals surface area contributed by atoms with Crippen LogP contribution in [0.5, 0.6) is 0 Å². The number of para-hydroxylation sites is 6. The number of rotatable bonds is 10. The summed E-state index contributed by atoms with van der Waals surface area (Å²) in [4.78, 5) is 16.3. The summed E-state index contributed by atoms with van der Waals surface area (Å²) in [5.41, 5.74) is 29.1. The van der Waals surface area contributed by atoms with Crippen molar-refractivity contribution in [1.29, 1.82) is 0 Å². The number of pyridine rings is 1. The standard InChI is InChI=1S/C92H63N9O.Pt/c1-57-25-22-40-77-86(57)94-90-98(77)79-54-81-82(101(85-51-69(43-44-93-85)92(3,4)5)91-95-87-58(2)26-23-41-78(87)99(81)91)55-80(79)100(90)83-53-70(52-74-73-35-18-21-42-84(73)102-89(74)83)96-56-97(76-39-20-19-38-75(76)96)88-71(67-47-63(59-27-10-6-11-28-59)45-64(48-67)60-29-12-7-13-30-60)36-24-37-72(88)68-49-65(61-31-14-8-15-32-61)46-66(50-68)62-33-16-9-17-34-62;/h6-52,54H,1-5H3;/q-2;. The molecule has 13 aromatic carbocycles. The molecule has 0 spiro atoms. The number of hydrogen-bond donors (Lipinski definition) is 0. The van der Waals surface area contributed by atoms with E-state index < -0.39 is 0 Å². The molecule has 20 aromatic rings. The molecule has 0 N–H and O–H groups in total. The Kier molecular flexibility index (Phi) is 14.3. The van der Waals surface area contributed by atoms with Gasteiger partial charge in [0, 0.05) is 38.2 Å². The van der Waals surface area contributed by atoms with Gasteiger partial charge in [0.2, 0.25) is 11.6 Å². The number of furan rings is 1. The molecule has 0 saturated carbocycles. The SMILES string of the molecule is Cc1cccc2c1nc1n(-c3cc(C(C)(C)C)ccn3)c3[c-]c4c(cc3n21)n1c2cccc(C)c2nc1n4-c1[c-]c(-n2[c-][n+](-c3c(-c4cc(-c5ccccc5)cc(-c5ccccc5)c4)cccc3-c3cc(-c4ccccc4)cc(-c4ccccc4)c3)c3ccccc32)cc2c1oc1ccccc12.[Pt]. The molecule has 0 aliphatic heterocycles. The first-order valence-electron chi connectivity index (χ1n) is 34.7. The molecule has 7 heterocycles. The Hall–Kier alpha value is -12.5. The number of aryl methyl sites for hydroxylation is 2. The Morgan fingerprint density at radius 2 is 0.883 bits per heavy atom. The van der Waals surface area contributed by atoms with Crippen molar-refractivity contribution in [2.75, 3.05) is 0 Å². The van der Waals surface area contributed by atoms with E-state index >= 15 is 0 Å². The third-order valence-corrected chi connectivity index (χ3v) is 20.5. The maximum absolute atomic E-state index is 7.22. The minimum absolute atomic E-state index is 0. The van der Waals surface area contributed by atoms with Crippen LogP contribution in [-0.4, -0.2) is 37.5 Å². The van der Waals surface area contributed by atoms with Crippen LogP contribution in [0.3, 0.4) is 0 Å². The van der Waals surface area contributed by atoms with Crippen LogP contribution in [0.2, 0.25) is 0 Å². The van der Waals surface area contributed by atoms with E-state index in [4.69, 9.17) is 19.4 Å². The fraction of sp³-hybridized carbons (Fsp3) is 0.0652. The molecule has 0 unspecified atom stereocenters. The van der Waals surface area contributed by atoms with Crippen molar-refractivity contribution < 1.29 is 30.0 Å². The fourth-order valence-corrected chi connectivity index (χ4v) is 15.5. The van der Waals surface area contributed by atoms with Gasteiger partial charge in [0.1, 0.15) is 11.4 Å². The fourth-order valence-electron chi connectivity index (χ4n) is 15.5. The molecule has 10 nitrogen and oxygen atoms in total. The molecule has 103 heavy (non-hydrogen) atoms. The quantitative estimate of drug-likeness (QED) is 0.101. The summed E-state index contributed by atoms with van der Waals surface area (Å²) in [6.45, 7) is 11.0. The van der Waals surface area contributed by atoms with Gasteiger partial charge in [0.15, 0.2) is 0 Å².